The minimum Gasteiger partial charge on any atom is -0.482 e. The van der Waals surface area contributed by atoms with Crippen LogP contribution in [0, 0.1) is 5.82 Å². The van der Waals surface area contributed by atoms with Crippen LogP contribution in [0.15, 0.2) is 47.4 Å². The van der Waals surface area contributed by atoms with E-state index in [1.165, 1.54) is 22.5 Å². The van der Waals surface area contributed by atoms with Gasteiger partial charge >= 0.3 is 0 Å². The Kier molecular flexibility index (Phi) is 5.98. The van der Waals surface area contributed by atoms with E-state index in [4.69, 9.17) is 4.74 Å². The summed E-state index contributed by atoms with van der Waals surface area (Å²) in [5.74, 6) is -0.229. The zero-order valence-electron chi connectivity index (χ0n) is 16.4. The molecule has 2 aromatic carbocycles. The van der Waals surface area contributed by atoms with Crippen molar-refractivity contribution in [2.45, 2.75) is 24.3 Å². The lowest BCUT2D eigenvalue weighted by Gasteiger charge is -2.42. The minimum absolute atomic E-state index is 0. The number of sulfonamides is 1. The van der Waals surface area contributed by atoms with Gasteiger partial charge in [0.25, 0.3) is 10.0 Å². The van der Waals surface area contributed by atoms with Gasteiger partial charge in [-0.1, -0.05) is 18.2 Å². The van der Waals surface area contributed by atoms with E-state index >= 15 is 0 Å². The average Bonchev–Trinajstić information content (AvgIpc) is 2.67. The summed E-state index contributed by atoms with van der Waals surface area (Å²) in [7, 11) is -4.08. The smallest absolute Gasteiger partial charge is 0.267 e. The largest absolute Gasteiger partial charge is 0.482 e. The number of hydrogen-bond acceptors (Lipinski definition) is 5. The minimum atomic E-state index is -4.08. The predicted molar refractivity (Wildman–Crippen MR) is 114 cm³/mol. The van der Waals surface area contributed by atoms with Crippen LogP contribution in [-0.2, 0) is 10.0 Å². The van der Waals surface area contributed by atoms with Gasteiger partial charge in [-0.25, -0.2) is 12.8 Å². The fourth-order valence-corrected chi connectivity index (χ4v) is 5.38. The molecule has 0 amide bonds. The van der Waals surface area contributed by atoms with Crippen molar-refractivity contribution in [1.29, 1.82) is 0 Å². The Bertz CT molecular complexity index is 994. The SMILES string of the molecule is CC1(C)CN(S(=O)(=O)c2ccccc2F)c2cccc(N3CCNCC3)c2O1.Cl. The highest BCUT2D eigenvalue weighted by atomic mass is 35.5. The van der Waals surface area contributed by atoms with Crippen molar-refractivity contribution >= 4 is 33.8 Å². The topological polar surface area (TPSA) is 61.9 Å². The molecular formula is C20H25ClFN3O3S. The average molecular weight is 442 g/mol. The molecule has 0 saturated carbocycles. The van der Waals surface area contributed by atoms with Crippen LogP contribution in [-0.4, -0.2) is 46.7 Å². The second kappa shape index (κ2) is 8.01. The number of rotatable bonds is 3. The first-order valence-corrected chi connectivity index (χ1v) is 10.8. The Morgan fingerprint density at radius 3 is 2.38 bits per heavy atom. The van der Waals surface area contributed by atoms with E-state index in [9.17, 15) is 12.8 Å². The first-order chi connectivity index (χ1) is 13.3. The summed E-state index contributed by atoms with van der Waals surface area (Å²) in [6, 6.07) is 11.0. The van der Waals surface area contributed by atoms with Crippen molar-refractivity contribution in [2.75, 3.05) is 41.9 Å². The number of hydrogen-bond donors (Lipinski definition) is 1. The molecule has 0 bridgehead atoms. The third-order valence-electron chi connectivity index (χ3n) is 5.01. The van der Waals surface area contributed by atoms with Gasteiger partial charge in [0.1, 0.15) is 16.3 Å². The van der Waals surface area contributed by atoms with Crippen LogP contribution in [0.4, 0.5) is 15.8 Å². The summed E-state index contributed by atoms with van der Waals surface area (Å²) in [4.78, 5) is 1.86. The summed E-state index contributed by atoms with van der Waals surface area (Å²) in [5, 5.41) is 3.31. The fraction of sp³-hybridized carbons (Fsp3) is 0.400. The molecule has 0 aliphatic carbocycles. The molecule has 1 N–H and O–H groups in total. The molecule has 29 heavy (non-hydrogen) atoms. The molecule has 0 spiro atoms. The number of nitrogens with zero attached hydrogens (tertiary/aromatic N) is 2. The standard InChI is InChI=1S/C20H24FN3O3S.ClH/c1-20(2)14-24(28(25,26)18-9-4-3-6-15(18)21)17-8-5-7-16(19(17)27-20)23-12-10-22-11-13-23;/h3-9,22H,10-14H2,1-2H3;1H. The molecule has 6 nitrogen and oxygen atoms in total. The summed E-state index contributed by atoms with van der Waals surface area (Å²) in [6.45, 7) is 7.10. The third kappa shape index (κ3) is 4.01. The molecule has 2 heterocycles. The fourth-order valence-electron chi connectivity index (χ4n) is 3.70. The van der Waals surface area contributed by atoms with Gasteiger partial charge in [-0.2, -0.15) is 0 Å². The maximum Gasteiger partial charge on any atom is 0.267 e. The lowest BCUT2D eigenvalue weighted by molar-refractivity contribution is 0.111. The maximum absolute atomic E-state index is 14.3. The van der Waals surface area contributed by atoms with Gasteiger partial charge in [0, 0.05) is 26.2 Å². The number of halogens is 2. The van der Waals surface area contributed by atoms with Gasteiger partial charge in [-0.05, 0) is 38.1 Å². The summed E-state index contributed by atoms with van der Waals surface area (Å²) in [5.41, 5.74) is 0.550. The quantitative estimate of drug-likeness (QED) is 0.793. The van der Waals surface area contributed by atoms with Crippen LogP contribution in [0.1, 0.15) is 13.8 Å². The molecule has 4 rings (SSSR count). The van der Waals surface area contributed by atoms with Gasteiger partial charge in [-0.3, -0.25) is 4.31 Å². The van der Waals surface area contributed by atoms with E-state index in [1.54, 1.807) is 6.07 Å². The number of ether oxygens (including phenoxy) is 1. The number of benzene rings is 2. The second-order valence-electron chi connectivity index (χ2n) is 7.67. The molecule has 0 aromatic heterocycles. The molecule has 0 atom stereocenters. The zero-order chi connectivity index (χ0) is 19.9. The summed E-state index contributed by atoms with van der Waals surface area (Å²) < 4.78 is 48.5. The van der Waals surface area contributed by atoms with E-state index < -0.39 is 21.4 Å². The Labute approximate surface area is 177 Å². The van der Waals surface area contributed by atoms with Crippen LogP contribution in [0.25, 0.3) is 0 Å². The molecule has 158 valence electrons. The number of para-hydroxylation sites is 1. The number of fused-ring (bicyclic) bond motifs is 1. The maximum atomic E-state index is 14.3. The van der Waals surface area contributed by atoms with Crippen LogP contribution in [0.3, 0.4) is 0 Å². The first-order valence-electron chi connectivity index (χ1n) is 9.35. The number of piperazine rings is 1. The molecule has 0 radical (unpaired) electrons. The van der Waals surface area contributed by atoms with E-state index in [-0.39, 0.29) is 23.8 Å². The molecule has 1 saturated heterocycles. The van der Waals surface area contributed by atoms with Crippen molar-refractivity contribution in [2.24, 2.45) is 0 Å². The zero-order valence-corrected chi connectivity index (χ0v) is 18.0. The monoisotopic (exact) mass is 441 g/mol. The normalized spacial score (nSPS) is 18.4. The van der Waals surface area contributed by atoms with Crippen molar-refractivity contribution in [3.63, 3.8) is 0 Å². The van der Waals surface area contributed by atoms with Crippen molar-refractivity contribution < 1.29 is 17.5 Å². The van der Waals surface area contributed by atoms with Crippen LogP contribution >= 0.6 is 12.4 Å². The molecule has 2 aliphatic heterocycles. The lowest BCUT2D eigenvalue weighted by Crippen LogP contribution is -2.50. The van der Waals surface area contributed by atoms with E-state index in [2.05, 4.69) is 10.2 Å². The van der Waals surface area contributed by atoms with E-state index in [0.717, 1.165) is 37.9 Å². The number of anilines is 2. The Morgan fingerprint density at radius 2 is 1.69 bits per heavy atom. The van der Waals surface area contributed by atoms with Gasteiger partial charge in [0.15, 0.2) is 5.75 Å². The molecule has 9 heteroatoms. The number of nitrogens with one attached hydrogen (secondary N) is 1. The third-order valence-corrected chi connectivity index (χ3v) is 6.80. The van der Waals surface area contributed by atoms with Crippen LogP contribution in [0.5, 0.6) is 5.75 Å². The highest BCUT2D eigenvalue weighted by molar-refractivity contribution is 7.92. The van der Waals surface area contributed by atoms with Crippen molar-refractivity contribution in [3.05, 3.63) is 48.3 Å². The van der Waals surface area contributed by atoms with Gasteiger partial charge in [0.05, 0.1) is 17.9 Å². The van der Waals surface area contributed by atoms with Gasteiger partial charge in [0.2, 0.25) is 0 Å². The Morgan fingerprint density at radius 1 is 1.03 bits per heavy atom. The molecule has 1 fully saturated rings. The van der Waals surface area contributed by atoms with E-state index in [0.29, 0.717) is 11.4 Å². The summed E-state index contributed by atoms with van der Waals surface area (Å²) >= 11 is 0. The molecule has 2 aliphatic rings. The highest BCUT2D eigenvalue weighted by Gasteiger charge is 2.41. The van der Waals surface area contributed by atoms with Crippen molar-refractivity contribution in [3.8, 4) is 5.75 Å². The molecular weight excluding hydrogens is 417 g/mol. The van der Waals surface area contributed by atoms with Crippen molar-refractivity contribution in [1.82, 2.24) is 5.32 Å². The predicted octanol–water partition coefficient (Wildman–Crippen LogP) is 3.02. The Balaban J connectivity index is 0.00000240. The van der Waals surface area contributed by atoms with Crippen LogP contribution in [0.2, 0.25) is 0 Å². The highest BCUT2D eigenvalue weighted by Crippen LogP contribution is 2.46. The summed E-state index contributed by atoms with van der Waals surface area (Å²) in [6.07, 6.45) is 0. The van der Waals surface area contributed by atoms with E-state index in [1.807, 2.05) is 26.0 Å². The van der Waals surface area contributed by atoms with Gasteiger partial charge < -0.3 is 15.0 Å². The first kappa shape index (κ1) is 21.7. The second-order valence-corrected chi connectivity index (χ2v) is 9.50. The molecule has 2 aromatic rings. The van der Waals surface area contributed by atoms with Gasteiger partial charge in [-0.15, -0.1) is 12.4 Å². The van der Waals surface area contributed by atoms with Crippen LogP contribution < -0.4 is 19.3 Å². The lowest BCUT2D eigenvalue weighted by atomic mass is 10.1. The Hall–Kier alpha value is -2.03. The molecule has 0 unspecified atom stereocenters.